The number of halogens is 2. The van der Waals surface area contributed by atoms with Gasteiger partial charge in [0.15, 0.2) is 5.69 Å². The number of nitrogens with zero attached hydrogens (tertiary/aromatic N) is 1. The van der Waals surface area contributed by atoms with Crippen LogP contribution in [0.4, 0.5) is 0 Å². The molecule has 0 aliphatic heterocycles. The lowest BCUT2D eigenvalue weighted by Gasteiger charge is -2.15. The van der Waals surface area contributed by atoms with Crippen molar-refractivity contribution < 1.29 is 4.79 Å². The average molecular weight is 376 g/mol. The number of carbonyl (C=O) groups is 1. The number of carbonyl (C=O) groups excluding carboxylic acids is 1. The summed E-state index contributed by atoms with van der Waals surface area (Å²) in [6.07, 6.45) is 3.03. The van der Waals surface area contributed by atoms with Gasteiger partial charge >= 0.3 is 0 Å². The Morgan fingerprint density at radius 1 is 1.52 bits per heavy atom. The van der Waals surface area contributed by atoms with Crippen molar-refractivity contribution in [1.82, 2.24) is 15.5 Å². The summed E-state index contributed by atoms with van der Waals surface area (Å²) in [6.45, 7) is 2.56. The number of amides is 1. The van der Waals surface area contributed by atoms with Crippen molar-refractivity contribution in [2.45, 2.75) is 32.2 Å². The van der Waals surface area contributed by atoms with E-state index >= 15 is 0 Å². The first-order chi connectivity index (χ1) is 9.65. The summed E-state index contributed by atoms with van der Waals surface area (Å²) in [5, 5.41) is 10.7. The third-order valence-electron chi connectivity index (χ3n) is 3.27. The van der Waals surface area contributed by atoms with Crippen LogP contribution in [0.3, 0.4) is 0 Å². The molecule has 116 valence electrons. The minimum atomic E-state index is -0.180. The largest absolute Gasteiger partial charge is 0.347 e. The van der Waals surface area contributed by atoms with Crippen molar-refractivity contribution >= 4 is 45.1 Å². The van der Waals surface area contributed by atoms with Crippen molar-refractivity contribution in [3.63, 3.8) is 0 Å². The number of hydrogen-bond acceptors (Lipinski definition) is 3. The van der Waals surface area contributed by atoms with Crippen molar-refractivity contribution in [2.75, 3.05) is 6.54 Å². The molecule has 1 aromatic heterocycles. The SMILES string of the molecule is CCCCC(CN)NC(=O)c1n[nH]c2ccc(Br)cc12.Cl. The zero-order valence-electron chi connectivity index (χ0n) is 11.9. The summed E-state index contributed by atoms with van der Waals surface area (Å²) in [4.78, 5) is 12.3. The van der Waals surface area contributed by atoms with Crippen molar-refractivity contribution in [2.24, 2.45) is 5.73 Å². The van der Waals surface area contributed by atoms with Gasteiger partial charge in [0, 0.05) is 22.4 Å². The van der Waals surface area contributed by atoms with E-state index < -0.39 is 0 Å². The summed E-state index contributed by atoms with van der Waals surface area (Å²) < 4.78 is 0.918. The molecule has 0 aliphatic carbocycles. The van der Waals surface area contributed by atoms with Gasteiger partial charge in [-0.1, -0.05) is 35.7 Å². The van der Waals surface area contributed by atoms with Crippen LogP contribution in [-0.4, -0.2) is 28.7 Å². The van der Waals surface area contributed by atoms with Crippen LogP contribution in [0.5, 0.6) is 0 Å². The topological polar surface area (TPSA) is 83.8 Å². The maximum absolute atomic E-state index is 12.3. The van der Waals surface area contributed by atoms with E-state index in [2.05, 4.69) is 38.4 Å². The number of nitrogens with two attached hydrogens (primary N) is 1. The van der Waals surface area contributed by atoms with E-state index in [1.54, 1.807) is 0 Å². The molecule has 7 heteroatoms. The lowest BCUT2D eigenvalue weighted by atomic mass is 10.1. The van der Waals surface area contributed by atoms with Gasteiger partial charge in [-0.2, -0.15) is 5.10 Å². The molecular weight excluding hydrogens is 356 g/mol. The highest BCUT2D eigenvalue weighted by Crippen LogP contribution is 2.21. The van der Waals surface area contributed by atoms with Crippen molar-refractivity contribution in [3.05, 3.63) is 28.4 Å². The Morgan fingerprint density at radius 2 is 2.29 bits per heavy atom. The number of hydrogen-bond donors (Lipinski definition) is 3. The molecule has 1 heterocycles. The second-order valence-corrected chi connectivity index (χ2v) is 5.73. The average Bonchev–Trinajstić information content (AvgIpc) is 2.86. The van der Waals surface area contributed by atoms with Crippen LogP contribution in [0.25, 0.3) is 10.9 Å². The third-order valence-corrected chi connectivity index (χ3v) is 3.76. The van der Waals surface area contributed by atoms with E-state index in [0.717, 1.165) is 34.6 Å². The number of H-pyrrole nitrogens is 1. The number of unbranched alkanes of at least 4 members (excludes halogenated alkanes) is 1. The van der Waals surface area contributed by atoms with Crippen LogP contribution >= 0.6 is 28.3 Å². The zero-order chi connectivity index (χ0) is 14.5. The number of fused-ring (bicyclic) bond motifs is 1. The Kier molecular flexibility index (Phi) is 7.14. The quantitative estimate of drug-likeness (QED) is 0.725. The molecule has 1 unspecified atom stereocenters. The Bertz CT molecular complexity index is 602. The maximum atomic E-state index is 12.3. The molecule has 0 bridgehead atoms. The lowest BCUT2D eigenvalue weighted by Crippen LogP contribution is -2.40. The molecule has 1 aromatic carbocycles. The Labute approximate surface area is 138 Å². The molecule has 5 nitrogen and oxygen atoms in total. The number of nitrogens with one attached hydrogen (secondary N) is 2. The van der Waals surface area contributed by atoms with Gasteiger partial charge in [-0.3, -0.25) is 9.89 Å². The molecular formula is C14H20BrClN4O. The molecule has 4 N–H and O–H groups in total. The van der Waals surface area contributed by atoms with Gasteiger partial charge in [0.1, 0.15) is 0 Å². The number of rotatable bonds is 6. The fraction of sp³-hybridized carbons (Fsp3) is 0.429. The van der Waals surface area contributed by atoms with Gasteiger partial charge in [0.05, 0.1) is 5.52 Å². The van der Waals surface area contributed by atoms with E-state index in [9.17, 15) is 4.79 Å². The Hall–Kier alpha value is -1.11. The van der Waals surface area contributed by atoms with E-state index in [-0.39, 0.29) is 24.4 Å². The van der Waals surface area contributed by atoms with Crippen LogP contribution in [0, 0.1) is 0 Å². The monoisotopic (exact) mass is 374 g/mol. The summed E-state index contributed by atoms with van der Waals surface area (Å²) in [5.74, 6) is -0.180. The van der Waals surface area contributed by atoms with Gasteiger partial charge in [-0.05, 0) is 24.6 Å². The predicted octanol–water partition coefficient (Wildman–Crippen LogP) is 2.99. The van der Waals surface area contributed by atoms with E-state index in [4.69, 9.17) is 5.73 Å². The third kappa shape index (κ3) is 4.43. The van der Waals surface area contributed by atoms with E-state index in [1.807, 2.05) is 18.2 Å². The summed E-state index contributed by atoms with van der Waals surface area (Å²) in [7, 11) is 0. The van der Waals surface area contributed by atoms with Crippen LogP contribution in [-0.2, 0) is 0 Å². The molecule has 0 aliphatic rings. The van der Waals surface area contributed by atoms with Crippen LogP contribution in [0.2, 0.25) is 0 Å². The predicted molar refractivity (Wildman–Crippen MR) is 90.9 cm³/mol. The highest BCUT2D eigenvalue weighted by molar-refractivity contribution is 9.10. The second kappa shape index (κ2) is 8.36. The molecule has 2 aromatic rings. The Morgan fingerprint density at radius 3 is 2.95 bits per heavy atom. The highest BCUT2D eigenvalue weighted by Gasteiger charge is 2.17. The molecule has 0 saturated heterocycles. The standard InChI is InChI=1S/C14H19BrN4O.ClH/c1-2-3-4-10(8-16)17-14(20)13-11-7-9(15)5-6-12(11)18-19-13;/h5-7,10H,2-4,8,16H2,1H3,(H,17,20)(H,18,19);1H. The summed E-state index contributed by atoms with van der Waals surface area (Å²) in [5.41, 5.74) is 6.96. The summed E-state index contributed by atoms with van der Waals surface area (Å²) >= 11 is 3.41. The van der Waals surface area contributed by atoms with E-state index in [0.29, 0.717) is 12.2 Å². The van der Waals surface area contributed by atoms with Gasteiger partial charge < -0.3 is 11.1 Å². The van der Waals surface area contributed by atoms with E-state index in [1.165, 1.54) is 0 Å². The van der Waals surface area contributed by atoms with Crippen molar-refractivity contribution in [1.29, 1.82) is 0 Å². The van der Waals surface area contributed by atoms with Crippen LogP contribution in [0.1, 0.15) is 36.7 Å². The van der Waals surface area contributed by atoms with Gasteiger partial charge in [-0.15, -0.1) is 12.4 Å². The number of aromatic amines is 1. The molecule has 2 rings (SSSR count). The highest BCUT2D eigenvalue weighted by atomic mass is 79.9. The minimum absolute atomic E-state index is 0. The smallest absolute Gasteiger partial charge is 0.272 e. The maximum Gasteiger partial charge on any atom is 0.272 e. The lowest BCUT2D eigenvalue weighted by molar-refractivity contribution is 0.0932. The molecule has 21 heavy (non-hydrogen) atoms. The van der Waals surface area contributed by atoms with Gasteiger partial charge in [0.25, 0.3) is 5.91 Å². The first kappa shape index (κ1) is 17.9. The molecule has 0 spiro atoms. The summed E-state index contributed by atoms with van der Waals surface area (Å²) in [6, 6.07) is 5.69. The first-order valence-electron chi connectivity index (χ1n) is 6.80. The fourth-order valence-electron chi connectivity index (χ4n) is 2.11. The molecule has 1 atom stereocenters. The van der Waals surface area contributed by atoms with Gasteiger partial charge in [-0.25, -0.2) is 0 Å². The fourth-order valence-corrected chi connectivity index (χ4v) is 2.47. The normalized spacial score (nSPS) is 12.0. The molecule has 0 saturated carbocycles. The molecule has 1 amide bonds. The van der Waals surface area contributed by atoms with Crippen LogP contribution < -0.4 is 11.1 Å². The first-order valence-corrected chi connectivity index (χ1v) is 7.59. The number of benzene rings is 1. The minimum Gasteiger partial charge on any atom is -0.347 e. The molecule has 0 fully saturated rings. The van der Waals surface area contributed by atoms with Crippen LogP contribution in [0.15, 0.2) is 22.7 Å². The zero-order valence-corrected chi connectivity index (χ0v) is 14.3. The molecule has 0 radical (unpaired) electrons. The van der Waals surface area contributed by atoms with Crippen molar-refractivity contribution in [3.8, 4) is 0 Å². The second-order valence-electron chi connectivity index (χ2n) is 4.81. The Balaban J connectivity index is 0.00000220. The van der Waals surface area contributed by atoms with Gasteiger partial charge in [0.2, 0.25) is 0 Å². The number of aromatic nitrogens is 2.